The SMILES string of the molecule is CC(NC(=O)COc1ccccc1-c1ccccc1)c1nnc2ccccn12. The average molecular weight is 372 g/mol. The summed E-state index contributed by atoms with van der Waals surface area (Å²) in [6.45, 7) is 1.80. The zero-order valence-corrected chi connectivity index (χ0v) is 15.4. The van der Waals surface area contributed by atoms with E-state index in [-0.39, 0.29) is 18.6 Å². The zero-order chi connectivity index (χ0) is 19.3. The van der Waals surface area contributed by atoms with E-state index in [4.69, 9.17) is 4.74 Å². The second-order valence-electron chi connectivity index (χ2n) is 6.43. The number of rotatable bonds is 6. The fourth-order valence-corrected chi connectivity index (χ4v) is 3.09. The summed E-state index contributed by atoms with van der Waals surface area (Å²) < 4.78 is 7.66. The highest BCUT2D eigenvalue weighted by Gasteiger charge is 2.16. The third kappa shape index (κ3) is 3.71. The number of carbonyl (C=O) groups excluding carboxylic acids is 1. The Labute approximate surface area is 162 Å². The Kier molecular flexibility index (Phi) is 5.01. The molecule has 0 saturated carbocycles. The van der Waals surface area contributed by atoms with Gasteiger partial charge >= 0.3 is 0 Å². The number of nitrogens with zero attached hydrogens (tertiary/aromatic N) is 3. The van der Waals surface area contributed by atoms with Crippen LogP contribution >= 0.6 is 0 Å². The van der Waals surface area contributed by atoms with Crippen molar-refractivity contribution < 1.29 is 9.53 Å². The van der Waals surface area contributed by atoms with Crippen LogP contribution in [0.4, 0.5) is 0 Å². The molecule has 0 spiro atoms. The summed E-state index contributed by atoms with van der Waals surface area (Å²) in [4.78, 5) is 12.4. The van der Waals surface area contributed by atoms with Crippen LogP contribution < -0.4 is 10.1 Å². The molecule has 28 heavy (non-hydrogen) atoms. The molecule has 2 heterocycles. The molecule has 1 N–H and O–H groups in total. The lowest BCUT2D eigenvalue weighted by Gasteiger charge is -2.14. The molecule has 0 fully saturated rings. The van der Waals surface area contributed by atoms with Crippen molar-refractivity contribution in [3.05, 3.63) is 84.8 Å². The molecular weight excluding hydrogens is 352 g/mol. The molecule has 6 nitrogen and oxygen atoms in total. The Morgan fingerprint density at radius 2 is 1.75 bits per heavy atom. The Hall–Kier alpha value is -3.67. The normalized spacial score (nSPS) is 11.9. The van der Waals surface area contributed by atoms with E-state index in [9.17, 15) is 4.79 Å². The van der Waals surface area contributed by atoms with Crippen molar-refractivity contribution >= 4 is 11.6 Å². The Bertz CT molecular complexity index is 1090. The number of benzene rings is 2. The van der Waals surface area contributed by atoms with E-state index in [2.05, 4.69) is 15.5 Å². The molecule has 0 aliphatic rings. The van der Waals surface area contributed by atoms with Crippen LogP contribution in [0.1, 0.15) is 18.8 Å². The Morgan fingerprint density at radius 3 is 2.61 bits per heavy atom. The number of fused-ring (bicyclic) bond motifs is 1. The molecule has 0 radical (unpaired) electrons. The van der Waals surface area contributed by atoms with Crippen molar-refractivity contribution in [2.75, 3.05) is 6.61 Å². The molecule has 0 aliphatic heterocycles. The highest BCUT2D eigenvalue weighted by atomic mass is 16.5. The van der Waals surface area contributed by atoms with Gasteiger partial charge in [-0.05, 0) is 30.7 Å². The molecule has 1 atom stereocenters. The number of para-hydroxylation sites is 1. The minimum atomic E-state index is -0.294. The minimum absolute atomic E-state index is 0.0784. The second-order valence-corrected chi connectivity index (χ2v) is 6.43. The van der Waals surface area contributed by atoms with Gasteiger partial charge in [-0.1, -0.05) is 54.6 Å². The van der Waals surface area contributed by atoms with Gasteiger partial charge in [0.25, 0.3) is 5.91 Å². The first kappa shape index (κ1) is 17.7. The van der Waals surface area contributed by atoms with E-state index in [1.807, 2.05) is 90.3 Å². The predicted octanol–water partition coefficient (Wildman–Crippen LogP) is 3.65. The van der Waals surface area contributed by atoms with Crippen molar-refractivity contribution in [2.24, 2.45) is 0 Å². The minimum Gasteiger partial charge on any atom is -0.483 e. The fraction of sp³-hybridized carbons (Fsp3) is 0.136. The quantitative estimate of drug-likeness (QED) is 0.561. The third-order valence-corrected chi connectivity index (χ3v) is 4.44. The molecule has 4 rings (SSSR count). The van der Waals surface area contributed by atoms with E-state index in [0.717, 1.165) is 16.8 Å². The maximum absolute atomic E-state index is 12.4. The van der Waals surface area contributed by atoms with Gasteiger partial charge in [-0.15, -0.1) is 10.2 Å². The molecular formula is C22H20N4O2. The van der Waals surface area contributed by atoms with Crippen molar-refractivity contribution in [1.29, 1.82) is 0 Å². The lowest BCUT2D eigenvalue weighted by atomic mass is 10.1. The second kappa shape index (κ2) is 7.92. The number of hydrogen-bond acceptors (Lipinski definition) is 4. The number of carbonyl (C=O) groups is 1. The van der Waals surface area contributed by atoms with E-state index in [0.29, 0.717) is 11.6 Å². The van der Waals surface area contributed by atoms with E-state index in [1.54, 1.807) is 0 Å². The van der Waals surface area contributed by atoms with Crippen molar-refractivity contribution in [1.82, 2.24) is 19.9 Å². The fourth-order valence-electron chi connectivity index (χ4n) is 3.09. The maximum Gasteiger partial charge on any atom is 0.258 e. The van der Waals surface area contributed by atoms with Crippen molar-refractivity contribution in [2.45, 2.75) is 13.0 Å². The smallest absolute Gasteiger partial charge is 0.258 e. The van der Waals surface area contributed by atoms with Crippen molar-refractivity contribution in [3.8, 4) is 16.9 Å². The van der Waals surface area contributed by atoms with Gasteiger partial charge < -0.3 is 10.1 Å². The summed E-state index contributed by atoms with van der Waals surface area (Å²) in [5.74, 6) is 1.13. The van der Waals surface area contributed by atoms with Crippen molar-refractivity contribution in [3.63, 3.8) is 0 Å². The Balaban J connectivity index is 1.43. The first-order valence-corrected chi connectivity index (χ1v) is 9.08. The first-order chi connectivity index (χ1) is 13.7. The molecule has 2 aromatic heterocycles. The van der Waals surface area contributed by atoms with Gasteiger partial charge in [-0.25, -0.2) is 0 Å². The van der Waals surface area contributed by atoms with Gasteiger partial charge in [0, 0.05) is 11.8 Å². The van der Waals surface area contributed by atoms with Gasteiger partial charge in [0.2, 0.25) is 0 Å². The molecule has 1 amide bonds. The monoisotopic (exact) mass is 372 g/mol. The summed E-state index contributed by atoms with van der Waals surface area (Å²) in [5.41, 5.74) is 2.74. The molecule has 0 saturated heterocycles. The van der Waals surface area contributed by atoms with Crippen LogP contribution in [-0.2, 0) is 4.79 Å². The van der Waals surface area contributed by atoms with Crippen LogP contribution in [-0.4, -0.2) is 27.1 Å². The average Bonchev–Trinajstić information content (AvgIpc) is 3.17. The molecule has 0 aliphatic carbocycles. The van der Waals surface area contributed by atoms with Crippen LogP contribution in [0.2, 0.25) is 0 Å². The summed E-state index contributed by atoms with van der Waals surface area (Å²) in [7, 11) is 0. The van der Waals surface area contributed by atoms with Gasteiger partial charge in [-0.3, -0.25) is 9.20 Å². The van der Waals surface area contributed by atoms with Gasteiger partial charge in [0.05, 0.1) is 6.04 Å². The topological polar surface area (TPSA) is 68.5 Å². The molecule has 2 aromatic carbocycles. The van der Waals surface area contributed by atoms with E-state index >= 15 is 0 Å². The summed E-state index contributed by atoms with van der Waals surface area (Å²) in [6.07, 6.45) is 1.87. The summed E-state index contributed by atoms with van der Waals surface area (Å²) in [6, 6.07) is 23.0. The molecule has 1 unspecified atom stereocenters. The number of nitrogens with one attached hydrogen (secondary N) is 1. The number of amides is 1. The zero-order valence-electron chi connectivity index (χ0n) is 15.4. The van der Waals surface area contributed by atoms with Crippen LogP contribution in [0, 0.1) is 0 Å². The van der Waals surface area contributed by atoms with Crippen LogP contribution in [0.5, 0.6) is 5.75 Å². The lowest BCUT2D eigenvalue weighted by molar-refractivity contribution is -0.123. The van der Waals surface area contributed by atoms with Crippen LogP contribution in [0.25, 0.3) is 16.8 Å². The molecule has 4 aromatic rings. The Morgan fingerprint density at radius 1 is 1.00 bits per heavy atom. The first-order valence-electron chi connectivity index (χ1n) is 9.08. The number of hydrogen-bond donors (Lipinski definition) is 1. The van der Waals surface area contributed by atoms with Gasteiger partial charge in [-0.2, -0.15) is 0 Å². The molecule has 6 heteroatoms. The largest absolute Gasteiger partial charge is 0.483 e. The van der Waals surface area contributed by atoms with E-state index in [1.165, 1.54) is 0 Å². The van der Waals surface area contributed by atoms with Crippen LogP contribution in [0.3, 0.4) is 0 Å². The lowest BCUT2D eigenvalue weighted by Crippen LogP contribution is -2.32. The number of ether oxygens (including phenoxy) is 1. The van der Waals surface area contributed by atoms with E-state index < -0.39 is 0 Å². The summed E-state index contributed by atoms with van der Waals surface area (Å²) in [5, 5.41) is 11.2. The third-order valence-electron chi connectivity index (χ3n) is 4.44. The maximum atomic E-state index is 12.4. The van der Waals surface area contributed by atoms with Gasteiger partial charge in [0.15, 0.2) is 18.1 Å². The highest BCUT2D eigenvalue weighted by Crippen LogP contribution is 2.29. The predicted molar refractivity (Wildman–Crippen MR) is 107 cm³/mol. The molecule has 140 valence electrons. The van der Waals surface area contributed by atoms with Crippen LogP contribution in [0.15, 0.2) is 79.0 Å². The number of pyridine rings is 1. The standard InChI is InChI=1S/C22H20N4O2/c1-16(22-25-24-20-13-7-8-14-26(20)22)23-21(27)15-28-19-12-6-5-11-18(19)17-9-3-2-4-10-17/h2-14,16H,15H2,1H3,(H,23,27). The molecule has 0 bridgehead atoms. The summed E-state index contributed by atoms with van der Waals surface area (Å²) >= 11 is 0. The highest BCUT2D eigenvalue weighted by molar-refractivity contribution is 5.78. The van der Waals surface area contributed by atoms with Gasteiger partial charge in [0.1, 0.15) is 5.75 Å². The number of aromatic nitrogens is 3.